The molecule has 0 radical (unpaired) electrons. The minimum Gasteiger partial charge on any atom is -0.311 e. The fraction of sp³-hybridized carbons (Fsp3) is 1.00. The standard InChI is InChI=1S/C24H47N/c1-11-12-23(10)15-24(20(23)7,13-16(2)3)14-17(4)25-21-18(5)19(6)22(21,8)9/h16-21,25H,11-15H2,1-10H3. The van der Waals surface area contributed by atoms with Crippen molar-refractivity contribution >= 4 is 0 Å². The van der Waals surface area contributed by atoms with Crippen molar-refractivity contribution in [3.63, 3.8) is 0 Å². The smallest absolute Gasteiger partial charge is 0.0152 e. The summed E-state index contributed by atoms with van der Waals surface area (Å²) in [5.41, 5.74) is 1.59. The van der Waals surface area contributed by atoms with Crippen LogP contribution in [-0.4, -0.2) is 12.1 Å². The number of hydrogen-bond acceptors (Lipinski definition) is 1. The largest absolute Gasteiger partial charge is 0.311 e. The van der Waals surface area contributed by atoms with Crippen molar-refractivity contribution in [3.8, 4) is 0 Å². The second-order valence-electron chi connectivity index (χ2n) is 11.5. The maximum atomic E-state index is 4.06. The van der Waals surface area contributed by atoms with Crippen LogP contribution in [0, 0.1) is 39.9 Å². The van der Waals surface area contributed by atoms with E-state index in [1.165, 1.54) is 32.1 Å². The van der Waals surface area contributed by atoms with Crippen LogP contribution in [0.15, 0.2) is 0 Å². The average Bonchev–Trinajstić information content (AvgIpc) is 2.50. The Balaban J connectivity index is 2.04. The lowest BCUT2D eigenvalue weighted by Gasteiger charge is -2.64. The maximum absolute atomic E-state index is 4.06. The molecule has 0 aromatic heterocycles. The molecule has 1 N–H and O–H groups in total. The van der Waals surface area contributed by atoms with Gasteiger partial charge in [-0.2, -0.15) is 0 Å². The highest BCUT2D eigenvalue weighted by molar-refractivity contribution is 5.09. The molecular weight excluding hydrogens is 302 g/mol. The quantitative estimate of drug-likeness (QED) is 0.502. The van der Waals surface area contributed by atoms with Crippen LogP contribution < -0.4 is 5.32 Å². The molecule has 25 heavy (non-hydrogen) atoms. The van der Waals surface area contributed by atoms with Gasteiger partial charge in [-0.25, -0.2) is 0 Å². The molecule has 148 valence electrons. The minimum absolute atomic E-state index is 0.445. The van der Waals surface area contributed by atoms with Crippen LogP contribution in [0.4, 0.5) is 0 Å². The first-order valence-corrected chi connectivity index (χ1v) is 11.2. The zero-order valence-electron chi connectivity index (χ0n) is 19.0. The normalized spacial score (nSPS) is 44.3. The monoisotopic (exact) mass is 349 g/mol. The molecule has 2 saturated carbocycles. The Morgan fingerprint density at radius 2 is 1.60 bits per heavy atom. The van der Waals surface area contributed by atoms with Gasteiger partial charge in [0.25, 0.3) is 0 Å². The lowest BCUT2D eigenvalue weighted by molar-refractivity contribution is -0.136. The van der Waals surface area contributed by atoms with E-state index in [2.05, 4.69) is 74.6 Å². The first-order chi connectivity index (χ1) is 11.4. The molecule has 2 aliphatic carbocycles. The first kappa shape index (κ1) is 21.3. The fourth-order valence-corrected chi connectivity index (χ4v) is 7.14. The molecule has 1 nitrogen and oxygen atoms in total. The molecule has 0 aliphatic heterocycles. The third-order valence-electron chi connectivity index (χ3n) is 8.82. The number of nitrogens with one attached hydrogen (secondary N) is 1. The highest BCUT2D eigenvalue weighted by atomic mass is 15.0. The van der Waals surface area contributed by atoms with Gasteiger partial charge >= 0.3 is 0 Å². The summed E-state index contributed by atoms with van der Waals surface area (Å²) in [5, 5.41) is 4.06. The first-order valence-electron chi connectivity index (χ1n) is 11.2. The highest BCUT2D eigenvalue weighted by Gasteiger charge is 2.58. The summed E-state index contributed by atoms with van der Waals surface area (Å²) in [4.78, 5) is 0. The van der Waals surface area contributed by atoms with Crippen molar-refractivity contribution in [2.24, 2.45) is 39.9 Å². The molecule has 0 amide bonds. The molecule has 7 atom stereocenters. The van der Waals surface area contributed by atoms with Gasteiger partial charge in [0, 0.05) is 12.1 Å². The van der Waals surface area contributed by atoms with E-state index in [1.807, 2.05) is 0 Å². The van der Waals surface area contributed by atoms with Crippen molar-refractivity contribution in [1.29, 1.82) is 0 Å². The molecule has 0 aromatic carbocycles. The van der Waals surface area contributed by atoms with E-state index in [0.717, 1.165) is 23.7 Å². The van der Waals surface area contributed by atoms with Crippen molar-refractivity contribution in [3.05, 3.63) is 0 Å². The summed E-state index contributed by atoms with van der Waals surface area (Å²) < 4.78 is 0. The molecule has 2 aliphatic rings. The minimum atomic E-state index is 0.445. The predicted octanol–water partition coefficient (Wildman–Crippen LogP) is 6.91. The van der Waals surface area contributed by atoms with Gasteiger partial charge in [0.1, 0.15) is 0 Å². The second kappa shape index (κ2) is 7.17. The molecule has 0 heterocycles. The van der Waals surface area contributed by atoms with Crippen LogP contribution >= 0.6 is 0 Å². The van der Waals surface area contributed by atoms with Gasteiger partial charge in [0.2, 0.25) is 0 Å². The van der Waals surface area contributed by atoms with E-state index >= 15 is 0 Å². The average molecular weight is 350 g/mol. The van der Waals surface area contributed by atoms with Crippen LogP contribution in [0.1, 0.15) is 101 Å². The Morgan fingerprint density at radius 3 is 2.04 bits per heavy atom. The van der Waals surface area contributed by atoms with Gasteiger partial charge in [-0.15, -0.1) is 0 Å². The van der Waals surface area contributed by atoms with Gasteiger partial charge in [-0.05, 0) is 72.5 Å². The summed E-state index contributed by atoms with van der Waals surface area (Å²) in [7, 11) is 0. The highest BCUT2D eigenvalue weighted by Crippen LogP contribution is 2.65. The van der Waals surface area contributed by atoms with Crippen molar-refractivity contribution < 1.29 is 0 Å². The van der Waals surface area contributed by atoms with Gasteiger partial charge in [-0.3, -0.25) is 0 Å². The van der Waals surface area contributed by atoms with Crippen molar-refractivity contribution in [2.45, 2.75) is 113 Å². The molecule has 0 bridgehead atoms. The van der Waals surface area contributed by atoms with E-state index in [-0.39, 0.29) is 0 Å². The summed E-state index contributed by atoms with van der Waals surface area (Å²) >= 11 is 0. The predicted molar refractivity (Wildman–Crippen MR) is 112 cm³/mol. The Bertz CT molecular complexity index is 453. The van der Waals surface area contributed by atoms with E-state index in [0.29, 0.717) is 28.3 Å². The zero-order valence-corrected chi connectivity index (χ0v) is 19.0. The molecule has 0 saturated heterocycles. The van der Waals surface area contributed by atoms with E-state index in [4.69, 9.17) is 0 Å². The summed E-state index contributed by atoms with van der Waals surface area (Å²) in [5.74, 6) is 3.30. The van der Waals surface area contributed by atoms with E-state index in [9.17, 15) is 0 Å². The number of rotatable bonds is 8. The lowest BCUT2D eigenvalue weighted by atomic mass is 9.42. The molecule has 1 heteroatoms. The summed E-state index contributed by atoms with van der Waals surface area (Å²) in [6.07, 6.45) is 6.94. The Hall–Kier alpha value is -0.0400. The number of hydrogen-bond donors (Lipinski definition) is 1. The summed E-state index contributed by atoms with van der Waals surface area (Å²) in [6, 6.07) is 1.32. The van der Waals surface area contributed by atoms with Gasteiger partial charge in [-0.1, -0.05) is 68.7 Å². The fourth-order valence-electron chi connectivity index (χ4n) is 7.14. The third kappa shape index (κ3) is 3.69. The Kier molecular flexibility index (Phi) is 6.10. The molecule has 2 fully saturated rings. The Morgan fingerprint density at radius 1 is 1.00 bits per heavy atom. The van der Waals surface area contributed by atoms with Crippen LogP contribution in [0.25, 0.3) is 0 Å². The molecule has 2 rings (SSSR count). The van der Waals surface area contributed by atoms with Crippen LogP contribution in [0.3, 0.4) is 0 Å². The maximum Gasteiger partial charge on any atom is 0.0152 e. The van der Waals surface area contributed by atoms with E-state index < -0.39 is 0 Å². The van der Waals surface area contributed by atoms with Crippen LogP contribution in [0.2, 0.25) is 0 Å². The SMILES string of the molecule is CCCC1(C)CC(CC(C)C)(CC(C)NC2C(C)C(C)C2(C)C)C1C. The van der Waals surface area contributed by atoms with Gasteiger partial charge in [0.15, 0.2) is 0 Å². The topological polar surface area (TPSA) is 12.0 Å². The molecule has 0 spiro atoms. The molecule has 7 unspecified atom stereocenters. The van der Waals surface area contributed by atoms with Gasteiger partial charge < -0.3 is 5.32 Å². The molecule has 0 aromatic rings. The molecular formula is C24H47N. The lowest BCUT2D eigenvalue weighted by Crippen LogP contribution is -2.65. The van der Waals surface area contributed by atoms with Gasteiger partial charge in [0.05, 0.1) is 0 Å². The van der Waals surface area contributed by atoms with Crippen LogP contribution in [-0.2, 0) is 0 Å². The third-order valence-corrected chi connectivity index (χ3v) is 8.82. The summed E-state index contributed by atoms with van der Waals surface area (Å²) in [6.45, 7) is 24.5. The zero-order chi connectivity index (χ0) is 19.2. The van der Waals surface area contributed by atoms with Crippen molar-refractivity contribution in [2.75, 3.05) is 0 Å². The second-order valence-corrected chi connectivity index (χ2v) is 11.5. The van der Waals surface area contributed by atoms with Crippen molar-refractivity contribution in [1.82, 2.24) is 5.32 Å². The Labute approximate surface area is 159 Å². The van der Waals surface area contributed by atoms with E-state index in [1.54, 1.807) is 0 Å². The van der Waals surface area contributed by atoms with Crippen LogP contribution in [0.5, 0.6) is 0 Å².